The number of aromatic nitrogens is 2. The monoisotopic (exact) mass is 533 g/mol. The Morgan fingerprint density at radius 2 is 1.41 bits per heavy atom. The van der Waals surface area contributed by atoms with E-state index in [9.17, 15) is 22.8 Å². The van der Waals surface area contributed by atoms with Gasteiger partial charge in [0.1, 0.15) is 28.9 Å². The summed E-state index contributed by atoms with van der Waals surface area (Å²) in [5.74, 6) is -1.70. The number of piperazine rings is 1. The van der Waals surface area contributed by atoms with Crippen molar-refractivity contribution >= 4 is 28.3 Å². The van der Waals surface area contributed by atoms with Crippen LogP contribution < -0.4 is 15.4 Å². The summed E-state index contributed by atoms with van der Waals surface area (Å²) in [5.41, 5.74) is 2.60. The van der Waals surface area contributed by atoms with Gasteiger partial charge in [0, 0.05) is 33.2 Å². The summed E-state index contributed by atoms with van der Waals surface area (Å²) in [6.07, 6.45) is 0. The molecule has 2 atom stereocenters. The van der Waals surface area contributed by atoms with Crippen LogP contribution in [0.4, 0.5) is 24.5 Å². The van der Waals surface area contributed by atoms with Gasteiger partial charge in [-0.2, -0.15) is 4.39 Å². The van der Waals surface area contributed by atoms with Crippen molar-refractivity contribution in [1.29, 1.82) is 0 Å². The summed E-state index contributed by atoms with van der Waals surface area (Å²) in [5, 5.41) is 0. The molecule has 0 aliphatic carbocycles. The molecule has 0 N–H and O–H groups in total. The largest absolute Gasteiger partial charge is 0.353 e. The molecule has 1 amide bonds. The van der Waals surface area contributed by atoms with Crippen LogP contribution >= 0.6 is 0 Å². The number of pyridine rings is 2. The maximum atomic E-state index is 14.4. The number of fused-ring (bicyclic) bond motifs is 5. The number of hydrogen-bond donors (Lipinski definition) is 0. The lowest BCUT2D eigenvalue weighted by Crippen LogP contribution is -2.66. The van der Waals surface area contributed by atoms with Gasteiger partial charge in [-0.25, -0.2) is 13.8 Å². The smallest absolute Gasteiger partial charge is 0.277 e. The Hall–Kier alpha value is -4.18. The summed E-state index contributed by atoms with van der Waals surface area (Å²) in [4.78, 5) is 36.6. The second kappa shape index (κ2) is 9.23. The lowest BCUT2D eigenvalue weighted by atomic mass is 9.92. The first-order valence-corrected chi connectivity index (χ1v) is 12.7. The Bertz CT molecular complexity index is 1610. The van der Waals surface area contributed by atoms with Gasteiger partial charge in [-0.3, -0.25) is 14.5 Å². The highest BCUT2D eigenvalue weighted by Crippen LogP contribution is 2.42. The lowest BCUT2D eigenvalue weighted by Gasteiger charge is -2.51. The van der Waals surface area contributed by atoms with Gasteiger partial charge in [0.15, 0.2) is 0 Å². The molecule has 0 unspecified atom stereocenters. The van der Waals surface area contributed by atoms with Gasteiger partial charge < -0.3 is 14.4 Å². The number of amides is 1. The normalized spacial score (nSPS) is 19.5. The molecule has 1 saturated heterocycles. The minimum atomic E-state index is -0.692. The highest BCUT2D eigenvalue weighted by molar-refractivity contribution is 6.10. The van der Waals surface area contributed by atoms with E-state index in [0.29, 0.717) is 23.3 Å². The Balaban J connectivity index is 1.49. The zero-order chi connectivity index (χ0) is 27.6. The second-order valence-electron chi connectivity index (χ2n) is 10.2. The van der Waals surface area contributed by atoms with Crippen LogP contribution in [0.1, 0.15) is 24.1 Å². The van der Waals surface area contributed by atoms with Gasteiger partial charge in [0.05, 0.1) is 17.2 Å². The third kappa shape index (κ3) is 3.97. The first-order valence-electron chi connectivity index (χ1n) is 12.7. The van der Waals surface area contributed by atoms with Crippen molar-refractivity contribution in [2.75, 3.05) is 29.9 Å². The van der Waals surface area contributed by atoms with E-state index in [0.717, 1.165) is 11.1 Å². The van der Waals surface area contributed by atoms with Gasteiger partial charge in [-0.05, 0) is 54.4 Å². The molecule has 39 heavy (non-hydrogen) atoms. The molecule has 2 aliphatic rings. The van der Waals surface area contributed by atoms with Crippen LogP contribution in [0.15, 0.2) is 65.5 Å². The molecule has 1 fully saturated rings. The average molecular weight is 534 g/mol. The second-order valence-corrected chi connectivity index (χ2v) is 10.2. The van der Waals surface area contributed by atoms with E-state index in [1.54, 1.807) is 38.4 Å². The van der Waals surface area contributed by atoms with Crippen molar-refractivity contribution in [2.24, 2.45) is 7.05 Å². The van der Waals surface area contributed by atoms with Crippen molar-refractivity contribution in [3.63, 3.8) is 0 Å². The molecule has 6 rings (SSSR count). The summed E-state index contributed by atoms with van der Waals surface area (Å²) in [6, 6.07) is 13.8. The number of hydrogen-bond acceptors (Lipinski definition) is 5. The molecule has 7 nitrogen and oxygen atoms in total. The molecular formula is C29H26F3N5O2. The van der Waals surface area contributed by atoms with E-state index in [-0.39, 0.29) is 47.4 Å². The van der Waals surface area contributed by atoms with Crippen LogP contribution in [-0.2, 0) is 11.8 Å². The lowest BCUT2D eigenvalue weighted by molar-refractivity contribution is -0.121. The van der Waals surface area contributed by atoms with E-state index in [1.807, 2.05) is 11.8 Å². The predicted molar refractivity (Wildman–Crippen MR) is 142 cm³/mol. The number of anilines is 2. The van der Waals surface area contributed by atoms with Crippen LogP contribution in [-0.4, -0.2) is 52.6 Å². The molecule has 2 aromatic carbocycles. The molecule has 4 aromatic rings. The van der Waals surface area contributed by atoms with E-state index >= 15 is 0 Å². The number of halogens is 3. The third-order valence-corrected chi connectivity index (χ3v) is 7.89. The van der Waals surface area contributed by atoms with Gasteiger partial charge in [-0.15, -0.1) is 0 Å². The van der Waals surface area contributed by atoms with Crippen molar-refractivity contribution in [3.8, 4) is 0 Å². The van der Waals surface area contributed by atoms with E-state index in [1.165, 1.54) is 45.9 Å². The Labute approximate surface area is 222 Å². The summed E-state index contributed by atoms with van der Waals surface area (Å²) >= 11 is 0. The standard InChI is InChI=1S/C29H26F3N5O2/c1-16-14-37-22(15-36(16)25(17-4-8-19(30)9-5-17)18-6-10-20(31)11-7-18)28(38)35(3)27-26(37)24-21(34(2)29(27)39)12-13-23(32)33-24/h4-13,16,22,25H,14-15H2,1-3H3/t16-,22-/m1/s1. The predicted octanol–water partition coefficient (Wildman–Crippen LogP) is 4.00. The highest BCUT2D eigenvalue weighted by atomic mass is 19.1. The number of carbonyl (C=O) groups is 1. The number of rotatable bonds is 3. The van der Waals surface area contributed by atoms with Gasteiger partial charge >= 0.3 is 0 Å². The van der Waals surface area contributed by atoms with Crippen LogP contribution in [0, 0.1) is 17.6 Å². The number of aryl methyl sites for hydroxylation is 1. The minimum Gasteiger partial charge on any atom is -0.353 e. The number of carbonyl (C=O) groups excluding carboxylic acids is 1. The van der Waals surface area contributed by atoms with E-state index < -0.39 is 12.0 Å². The molecule has 0 radical (unpaired) electrons. The molecule has 0 saturated carbocycles. The topological polar surface area (TPSA) is 61.7 Å². The highest BCUT2D eigenvalue weighted by Gasteiger charge is 2.46. The molecule has 4 heterocycles. The van der Waals surface area contributed by atoms with Gasteiger partial charge in [0.2, 0.25) is 5.95 Å². The zero-order valence-electron chi connectivity index (χ0n) is 21.6. The van der Waals surface area contributed by atoms with Crippen molar-refractivity contribution < 1.29 is 18.0 Å². The van der Waals surface area contributed by atoms with Crippen molar-refractivity contribution in [2.45, 2.75) is 25.0 Å². The van der Waals surface area contributed by atoms with Crippen LogP contribution in [0.25, 0.3) is 11.0 Å². The fraction of sp³-hybridized carbons (Fsp3) is 0.276. The van der Waals surface area contributed by atoms with Crippen molar-refractivity contribution in [1.82, 2.24) is 14.5 Å². The fourth-order valence-corrected chi connectivity index (χ4v) is 5.94. The molecule has 2 aromatic heterocycles. The summed E-state index contributed by atoms with van der Waals surface area (Å²) in [6.45, 7) is 2.60. The van der Waals surface area contributed by atoms with Crippen LogP contribution in [0.5, 0.6) is 0 Å². The zero-order valence-corrected chi connectivity index (χ0v) is 21.6. The quantitative estimate of drug-likeness (QED) is 0.373. The average Bonchev–Trinajstić information content (AvgIpc) is 2.92. The Kier molecular flexibility index (Phi) is 5.95. The molecule has 2 aliphatic heterocycles. The maximum absolute atomic E-state index is 14.4. The molecule has 200 valence electrons. The van der Waals surface area contributed by atoms with E-state index in [2.05, 4.69) is 9.88 Å². The number of nitrogens with zero attached hydrogens (tertiary/aromatic N) is 5. The number of benzene rings is 2. The molecule has 0 spiro atoms. The van der Waals surface area contributed by atoms with Crippen LogP contribution in [0.2, 0.25) is 0 Å². The first-order chi connectivity index (χ1) is 18.7. The number of likely N-dealkylation sites (N-methyl/N-ethyl adjacent to an activating group) is 1. The molecular weight excluding hydrogens is 507 g/mol. The first kappa shape index (κ1) is 25.1. The Morgan fingerprint density at radius 3 is 2.00 bits per heavy atom. The fourth-order valence-electron chi connectivity index (χ4n) is 5.94. The molecule has 10 heteroatoms. The maximum Gasteiger partial charge on any atom is 0.277 e. The third-order valence-electron chi connectivity index (χ3n) is 7.89. The SMILES string of the molecule is C[C@@H]1CN2c3c(c(=O)n(C)c4ccc(F)nc34)N(C)C(=O)[C@H]2CN1C(c1ccc(F)cc1)c1ccc(F)cc1. The summed E-state index contributed by atoms with van der Waals surface area (Å²) in [7, 11) is 3.12. The van der Waals surface area contributed by atoms with E-state index in [4.69, 9.17) is 0 Å². The molecule has 0 bridgehead atoms. The van der Waals surface area contributed by atoms with Crippen molar-refractivity contribution in [3.05, 3.63) is 99.7 Å². The van der Waals surface area contributed by atoms with Crippen LogP contribution in [0.3, 0.4) is 0 Å². The minimum absolute atomic E-state index is 0.165. The van der Waals surface area contributed by atoms with Gasteiger partial charge in [-0.1, -0.05) is 24.3 Å². The van der Waals surface area contributed by atoms with Gasteiger partial charge in [0.25, 0.3) is 11.5 Å². The summed E-state index contributed by atoms with van der Waals surface area (Å²) < 4.78 is 43.4. The Morgan fingerprint density at radius 1 is 0.821 bits per heavy atom.